The number of carbonyl (C=O) groups is 1. The molecule has 0 aliphatic carbocycles. The van der Waals surface area contributed by atoms with Crippen LogP contribution < -0.4 is 5.32 Å². The first-order valence-corrected chi connectivity index (χ1v) is 7.43. The van der Waals surface area contributed by atoms with Gasteiger partial charge in [0.25, 0.3) is 11.6 Å². The highest BCUT2D eigenvalue weighted by atomic mass is 16.6. The number of nitro groups is 1. The van der Waals surface area contributed by atoms with Gasteiger partial charge < -0.3 is 10.4 Å². The molecule has 1 aliphatic rings. The van der Waals surface area contributed by atoms with Crippen LogP contribution >= 0.6 is 0 Å². The lowest BCUT2D eigenvalue weighted by Crippen LogP contribution is -2.03. The first kappa shape index (κ1) is 14.8. The third-order valence-corrected chi connectivity index (χ3v) is 4.08. The maximum atomic E-state index is 11.9. The highest BCUT2D eigenvalue weighted by molar-refractivity contribution is 6.25. The molecule has 3 aromatic rings. The molecule has 25 heavy (non-hydrogen) atoms. The predicted molar refractivity (Wildman–Crippen MR) is 93.9 cm³/mol. The lowest BCUT2D eigenvalue weighted by molar-refractivity contribution is -0.384. The van der Waals surface area contributed by atoms with Gasteiger partial charge in [0, 0.05) is 45.9 Å². The van der Waals surface area contributed by atoms with E-state index in [-0.39, 0.29) is 22.9 Å². The van der Waals surface area contributed by atoms with Crippen LogP contribution in [-0.2, 0) is 0 Å². The summed E-state index contributed by atoms with van der Waals surface area (Å²) in [5.41, 5.74) is 2.03. The third-order valence-electron chi connectivity index (χ3n) is 4.08. The number of nitrogens with zero attached hydrogens (tertiary/aromatic N) is 2. The second-order valence-electron chi connectivity index (χ2n) is 5.57. The number of carbonyl (C=O) groups excluding carboxylic acids is 1. The first-order valence-electron chi connectivity index (χ1n) is 7.43. The Hall–Kier alpha value is -3.74. The van der Waals surface area contributed by atoms with Crippen LogP contribution in [0.5, 0.6) is 5.75 Å². The van der Waals surface area contributed by atoms with Gasteiger partial charge in [-0.2, -0.15) is 0 Å². The van der Waals surface area contributed by atoms with E-state index < -0.39 is 4.92 Å². The zero-order valence-corrected chi connectivity index (χ0v) is 12.8. The number of non-ortho nitro benzene ring substituents is 1. The number of hydrogen-bond acceptors (Lipinski definition) is 5. The Bertz CT molecular complexity index is 1090. The molecular weight excluding hydrogens is 322 g/mol. The van der Waals surface area contributed by atoms with Crippen molar-refractivity contribution in [3.05, 3.63) is 69.8 Å². The van der Waals surface area contributed by atoms with Gasteiger partial charge in [-0.05, 0) is 24.3 Å². The Labute approximate surface area is 141 Å². The Kier molecular flexibility index (Phi) is 3.21. The first-order chi connectivity index (χ1) is 12.0. The van der Waals surface area contributed by atoms with Crippen LogP contribution in [0.25, 0.3) is 10.8 Å². The molecule has 0 aromatic heterocycles. The number of aromatic hydroxyl groups is 1. The van der Waals surface area contributed by atoms with Gasteiger partial charge in [-0.25, -0.2) is 0 Å². The fraction of sp³-hybridized carbons (Fsp3) is 0. The number of nitro benzene ring substituents is 1. The molecular formula is C18H11N3O4. The number of rotatable bonds is 3. The van der Waals surface area contributed by atoms with Crippen LogP contribution in [0.1, 0.15) is 15.9 Å². The number of nitrogens with one attached hydrogen (secondary N) is 1. The van der Waals surface area contributed by atoms with E-state index in [1.54, 1.807) is 24.3 Å². The number of phenolic OH excluding ortho intramolecular Hbond substituents is 1. The monoisotopic (exact) mass is 333 g/mol. The molecule has 0 atom stereocenters. The second kappa shape index (κ2) is 5.41. The highest BCUT2D eigenvalue weighted by Gasteiger charge is 2.22. The highest BCUT2D eigenvalue weighted by Crippen LogP contribution is 2.38. The van der Waals surface area contributed by atoms with Crippen molar-refractivity contribution in [3.63, 3.8) is 0 Å². The SMILES string of the molecule is O=C1Nc2ccc(N=Cc3cc([N+](=O)[O-])ccc3O)c3cccc1c23. The van der Waals surface area contributed by atoms with E-state index in [9.17, 15) is 20.0 Å². The number of amides is 1. The standard InChI is InChI=1S/C18H11N3O4/c22-16-7-4-11(21(24)25)8-10(16)9-19-14-5-6-15-17-12(14)2-1-3-13(17)18(23)20-15/h1-9,22H,(H,20,23). The molecule has 3 aromatic carbocycles. The minimum absolute atomic E-state index is 0.0999. The quantitative estimate of drug-likeness (QED) is 0.432. The number of benzene rings is 3. The van der Waals surface area contributed by atoms with Gasteiger partial charge in [0.05, 0.1) is 10.6 Å². The van der Waals surface area contributed by atoms with Crippen molar-refractivity contribution in [2.45, 2.75) is 0 Å². The topological polar surface area (TPSA) is 105 Å². The summed E-state index contributed by atoms with van der Waals surface area (Å²) in [7, 11) is 0. The van der Waals surface area contributed by atoms with E-state index in [2.05, 4.69) is 10.3 Å². The van der Waals surface area contributed by atoms with E-state index in [1.165, 1.54) is 24.4 Å². The van der Waals surface area contributed by atoms with Crippen molar-refractivity contribution in [1.29, 1.82) is 0 Å². The molecule has 2 N–H and O–H groups in total. The van der Waals surface area contributed by atoms with Crippen LogP contribution in [0.3, 0.4) is 0 Å². The Morgan fingerprint density at radius 2 is 2.00 bits per heavy atom. The van der Waals surface area contributed by atoms with E-state index in [1.807, 2.05) is 6.07 Å². The largest absolute Gasteiger partial charge is 0.507 e. The number of hydrogen-bond donors (Lipinski definition) is 2. The minimum atomic E-state index is -0.535. The van der Waals surface area contributed by atoms with Gasteiger partial charge in [0.1, 0.15) is 5.75 Å². The van der Waals surface area contributed by atoms with Gasteiger partial charge in [-0.3, -0.25) is 19.9 Å². The molecule has 122 valence electrons. The van der Waals surface area contributed by atoms with E-state index in [0.717, 1.165) is 16.5 Å². The normalized spacial score (nSPS) is 12.7. The minimum Gasteiger partial charge on any atom is -0.507 e. The average molecular weight is 333 g/mol. The lowest BCUT2D eigenvalue weighted by atomic mass is 10.0. The van der Waals surface area contributed by atoms with Crippen molar-refractivity contribution in [3.8, 4) is 5.75 Å². The number of anilines is 1. The molecule has 1 aliphatic heterocycles. The van der Waals surface area contributed by atoms with Crippen molar-refractivity contribution < 1.29 is 14.8 Å². The molecule has 0 bridgehead atoms. The summed E-state index contributed by atoms with van der Waals surface area (Å²) >= 11 is 0. The van der Waals surface area contributed by atoms with Crippen LogP contribution in [0.2, 0.25) is 0 Å². The molecule has 7 heteroatoms. The fourth-order valence-corrected chi connectivity index (χ4v) is 2.88. The maximum absolute atomic E-state index is 11.9. The number of aliphatic imine (C=N–C) groups is 1. The molecule has 0 saturated heterocycles. The van der Waals surface area contributed by atoms with E-state index in [0.29, 0.717) is 11.3 Å². The van der Waals surface area contributed by atoms with Crippen LogP contribution in [0.15, 0.2) is 53.5 Å². The molecule has 0 unspecified atom stereocenters. The zero-order valence-electron chi connectivity index (χ0n) is 12.8. The number of phenols is 1. The van der Waals surface area contributed by atoms with Gasteiger partial charge in [-0.15, -0.1) is 0 Å². The van der Waals surface area contributed by atoms with Crippen molar-refractivity contribution in [1.82, 2.24) is 0 Å². The maximum Gasteiger partial charge on any atom is 0.270 e. The van der Waals surface area contributed by atoms with Crippen molar-refractivity contribution >= 4 is 40.0 Å². The van der Waals surface area contributed by atoms with Crippen LogP contribution in [0.4, 0.5) is 17.1 Å². The lowest BCUT2D eigenvalue weighted by Gasteiger charge is -2.04. The van der Waals surface area contributed by atoms with Gasteiger partial charge >= 0.3 is 0 Å². The summed E-state index contributed by atoms with van der Waals surface area (Å²) in [6.07, 6.45) is 1.37. The van der Waals surface area contributed by atoms with Crippen LogP contribution in [-0.4, -0.2) is 22.2 Å². The smallest absolute Gasteiger partial charge is 0.270 e. The predicted octanol–water partition coefficient (Wildman–Crippen LogP) is 3.77. The van der Waals surface area contributed by atoms with Crippen LogP contribution in [0, 0.1) is 10.1 Å². The summed E-state index contributed by atoms with van der Waals surface area (Å²) in [5.74, 6) is -0.254. The van der Waals surface area contributed by atoms with Crippen molar-refractivity contribution in [2.75, 3.05) is 5.32 Å². The summed E-state index contributed by atoms with van der Waals surface area (Å²) in [5, 5.41) is 25.1. The summed E-state index contributed by atoms with van der Waals surface area (Å²) in [6, 6.07) is 12.6. The molecule has 4 rings (SSSR count). The van der Waals surface area contributed by atoms with E-state index >= 15 is 0 Å². The summed E-state index contributed by atoms with van der Waals surface area (Å²) in [4.78, 5) is 26.6. The van der Waals surface area contributed by atoms with Crippen molar-refractivity contribution in [2.24, 2.45) is 4.99 Å². The summed E-state index contributed by atoms with van der Waals surface area (Å²) in [6.45, 7) is 0. The third kappa shape index (κ3) is 2.38. The molecule has 0 saturated carbocycles. The van der Waals surface area contributed by atoms with Gasteiger partial charge in [0.15, 0.2) is 0 Å². The molecule has 1 amide bonds. The van der Waals surface area contributed by atoms with E-state index in [4.69, 9.17) is 0 Å². The Morgan fingerprint density at radius 1 is 1.16 bits per heavy atom. The van der Waals surface area contributed by atoms with Gasteiger partial charge in [0.2, 0.25) is 0 Å². The fourth-order valence-electron chi connectivity index (χ4n) is 2.88. The molecule has 0 spiro atoms. The molecule has 7 nitrogen and oxygen atoms in total. The zero-order chi connectivity index (χ0) is 17.6. The Balaban J connectivity index is 1.82. The molecule has 1 heterocycles. The Morgan fingerprint density at radius 3 is 2.80 bits per heavy atom. The summed E-state index contributed by atoms with van der Waals surface area (Å²) < 4.78 is 0. The molecule has 0 fully saturated rings. The van der Waals surface area contributed by atoms with Gasteiger partial charge in [-0.1, -0.05) is 12.1 Å². The average Bonchev–Trinajstić information content (AvgIpc) is 2.93. The second-order valence-corrected chi connectivity index (χ2v) is 5.57. The molecule has 0 radical (unpaired) electrons.